The van der Waals surface area contributed by atoms with E-state index in [0.29, 0.717) is 11.1 Å². The summed E-state index contributed by atoms with van der Waals surface area (Å²) < 4.78 is 10.9. The van der Waals surface area contributed by atoms with Gasteiger partial charge in [-0.3, -0.25) is 9.59 Å². The summed E-state index contributed by atoms with van der Waals surface area (Å²) in [7, 11) is 1.25. The summed E-state index contributed by atoms with van der Waals surface area (Å²) in [6, 6.07) is 17.4. The molecule has 0 amide bonds. The molecule has 3 N–H and O–H groups in total. The molecular formula is C26H22O7S. The molecule has 7 nitrogen and oxygen atoms in total. The van der Waals surface area contributed by atoms with E-state index in [-0.39, 0.29) is 28.7 Å². The molecule has 34 heavy (non-hydrogen) atoms. The Kier molecular flexibility index (Phi) is 6.51. The van der Waals surface area contributed by atoms with Crippen molar-refractivity contribution in [3.05, 3.63) is 82.0 Å². The van der Waals surface area contributed by atoms with Crippen LogP contribution in [0.2, 0.25) is 0 Å². The quantitative estimate of drug-likeness (QED) is 0.201. The Morgan fingerprint density at radius 1 is 1.00 bits per heavy atom. The van der Waals surface area contributed by atoms with E-state index in [1.165, 1.54) is 13.2 Å². The highest BCUT2D eigenvalue weighted by Crippen LogP contribution is 2.49. The average molecular weight is 479 g/mol. The van der Waals surface area contributed by atoms with Crippen LogP contribution in [0.25, 0.3) is 22.3 Å². The number of carbonyl (C=O) groups is 1. The average Bonchev–Trinajstić information content (AvgIpc) is 2.86. The zero-order valence-corrected chi connectivity index (χ0v) is 19.3. The Hall–Kier alpha value is -3.91. The van der Waals surface area contributed by atoms with Crippen molar-refractivity contribution in [2.24, 2.45) is 0 Å². The molecule has 0 spiro atoms. The van der Waals surface area contributed by atoms with Crippen LogP contribution in [0, 0.1) is 0 Å². The fraction of sp³-hybridized carbons (Fsp3) is 0.154. The Morgan fingerprint density at radius 3 is 2.29 bits per heavy atom. The molecule has 0 aliphatic heterocycles. The first-order valence-electron chi connectivity index (χ1n) is 10.4. The Balaban J connectivity index is 2.06. The Bertz CT molecular complexity index is 1410. The van der Waals surface area contributed by atoms with Gasteiger partial charge < -0.3 is 24.5 Å². The van der Waals surface area contributed by atoms with E-state index >= 15 is 0 Å². The number of esters is 1. The number of hydrogen-bond acceptors (Lipinski definition) is 8. The first-order valence-corrected chi connectivity index (χ1v) is 11.6. The predicted molar refractivity (Wildman–Crippen MR) is 130 cm³/mol. The van der Waals surface area contributed by atoms with Crippen LogP contribution in [0.1, 0.15) is 23.5 Å². The normalized spacial score (nSPS) is 11.9. The van der Waals surface area contributed by atoms with E-state index in [1.54, 1.807) is 48.2 Å². The van der Waals surface area contributed by atoms with Crippen LogP contribution in [-0.2, 0) is 9.53 Å². The lowest BCUT2D eigenvalue weighted by molar-refractivity contribution is -0.140. The van der Waals surface area contributed by atoms with Gasteiger partial charge in [0.05, 0.1) is 13.5 Å². The van der Waals surface area contributed by atoms with Gasteiger partial charge in [-0.15, -0.1) is 11.8 Å². The number of methoxy groups -OCH3 is 1. The highest BCUT2D eigenvalue weighted by molar-refractivity contribution is 7.98. The molecule has 0 saturated heterocycles. The van der Waals surface area contributed by atoms with Crippen LogP contribution in [0.5, 0.6) is 17.2 Å². The van der Waals surface area contributed by atoms with Crippen molar-refractivity contribution in [3.8, 4) is 28.6 Å². The van der Waals surface area contributed by atoms with Crippen molar-refractivity contribution in [1.29, 1.82) is 0 Å². The van der Waals surface area contributed by atoms with Gasteiger partial charge in [0.1, 0.15) is 16.7 Å². The van der Waals surface area contributed by atoms with Gasteiger partial charge in [-0.25, -0.2) is 0 Å². The molecule has 0 radical (unpaired) electrons. The second kappa shape index (κ2) is 9.52. The third kappa shape index (κ3) is 4.20. The molecule has 0 bridgehead atoms. The number of fused-ring (bicyclic) bond motifs is 1. The zero-order chi connectivity index (χ0) is 24.4. The third-order valence-electron chi connectivity index (χ3n) is 5.66. The lowest BCUT2D eigenvalue weighted by Gasteiger charge is -2.21. The van der Waals surface area contributed by atoms with Crippen LogP contribution in [0.3, 0.4) is 0 Å². The van der Waals surface area contributed by atoms with Crippen molar-refractivity contribution in [2.45, 2.75) is 17.2 Å². The van der Waals surface area contributed by atoms with E-state index in [2.05, 4.69) is 0 Å². The summed E-state index contributed by atoms with van der Waals surface area (Å²) in [6.07, 6.45) is 1.72. The van der Waals surface area contributed by atoms with Gasteiger partial charge in [0, 0.05) is 28.0 Å². The van der Waals surface area contributed by atoms with E-state index < -0.39 is 34.6 Å². The number of benzene rings is 3. The van der Waals surface area contributed by atoms with Crippen LogP contribution in [0.4, 0.5) is 0 Å². The first kappa shape index (κ1) is 23.3. The highest BCUT2D eigenvalue weighted by atomic mass is 32.2. The van der Waals surface area contributed by atoms with Crippen molar-refractivity contribution >= 4 is 28.7 Å². The lowest BCUT2D eigenvalue weighted by atomic mass is 9.86. The van der Waals surface area contributed by atoms with Crippen molar-refractivity contribution in [3.63, 3.8) is 0 Å². The van der Waals surface area contributed by atoms with Crippen LogP contribution >= 0.6 is 11.8 Å². The molecule has 1 atom stereocenters. The largest absolute Gasteiger partial charge is 0.504 e. The molecule has 1 aromatic heterocycles. The Labute approximate surface area is 199 Å². The van der Waals surface area contributed by atoms with Crippen molar-refractivity contribution < 1.29 is 29.3 Å². The van der Waals surface area contributed by atoms with Crippen LogP contribution in [-0.4, -0.2) is 34.7 Å². The summed E-state index contributed by atoms with van der Waals surface area (Å²) in [6.45, 7) is 0. The fourth-order valence-corrected chi connectivity index (χ4v) is 4.32. The van der Waals surface area contributed by atoms with Gasteiger partial charge in [-0.2, -0.15) is 0 Å². The summed E-state index contributed by atoms with van der Waals surface area (Å²) in [5, 5.41) is 31.6. The summed E-state index contributed by atoms with van der Waals surface area (Å²) in [5.74, 6) is -3.54. The van der Waals surface area contributed by atoms with Gasteiger partial charge >= 0.3 is 5.97 Å². The summed E-state index contributed by atoms with van der Waals surface area (Å²) in [4.78, 5) is 26.3. The minimum atomic E-state index is -0.863. The summed E-state index contributed by atoms with van der Waals surface area (Å²) >= 11 is 1.54. The lowest BCUT2D eigenvalue weighted by Crippen LogP contribution is -2.12. The second-order valence-corrected chi connectivity index (χ2v) is 8.49. The molecule has 3 aromatic carbocycles. The fourth-order valence-electron chi connectivity index (χ4n) is 3.91. The summed E-state index contributed by atoms with van der Waals surface area (Å²) in [5.41, 5.74) is 0.499. The predicted octanol–water partition coefficient (Wildman–Crippen LogP) is 4.99. The maximum atomic E-state index is 13.0. The molecule has 8 heteroatoms. The van der Waals surface area contributed by atoms with E-state index in [1.807, 2.05) is 24.5 Å². The van der Waals surface area contributed by atoms with Gasteiger partial charge in [-0.05, 0) is 24.0 Å². The molecule has 0 saturated carbocycles. The smallest absolute Gasteiger partial charge is 0.306 e. The second-order valence-electron chi connectivity index (χ2n) is 7.61. The number of carbonyl (C=O) groups excluding carboxylic acids is 1. The number of ether oxygens (including phenoxy) is 1. The number of phenolic OH excluding ortho intramolecular Hbond substituents is 3. The first-order chi connectivity index (χ1) is 16.3. The molecule has 4 aromatic rings. The maximum absolute atomic E-state index is 13.0. The topological polar surface area (TPSA) is 117 Å². The van der Waals surface area contributed by atoms with Crippen LogP contribution < -0.4 is 5.43 Å². The molecule has 174 valence electrons. The van der Waals surface area contributed by atoms with E-state index in [9.17, 15) is 24.9 Å². The van der Waals surface area contributed by atoms with Gasteiger partial charge in [0.25, 0.3) is 0 Å². The third-order valence-corrected chi connectivity index (χ3v) is 6.40. The van der Waals surface area contributed by atoms with Gasteiger partial charge in [0.2, 0.25) is 5.75 Å². The van der Waals surface area contributed by atoms with Gasteiger partial charge in [0.15, 0.2) is 16.9 Å². The van der Waals surface area contributed by atoms with E-state index in [0.717, 1.165) is 4.90 Å². The number of rotatable bonds is 6. The number of phenols is 3. The standard InChI is InChI=1S/C26H22O7S/c1-32-20(28)12-17(14-8-10-16(34-2)11-9-14)21-23(29)25(31)24(30)22-18(27)13-19(33-26(21)22)15-6-4-3-5-7-15/h3-11,13,17,29-31H,12H2,1-2H3/t17-/m0/s1. The number of hydrogen-bond donors (Lipinski definition) is 3. The molecular weight excluding hydrogens is 456 g/mol. The van der Waals surface area contributed by atoms with Crippen LogP contribution in [0.15, 0.2) is 74.8 Å². The molecule has 4 rings (SSSR count). The molecule has 0 aliphatic carbocycles. The molecule has 0 aliphatic rings. The monoisotopic (exact) mass is 478 g/mol. The van der Waals surface area contributed by atoms with E-state index in [4.69, 9.17) is 9.15 Å². The molecule has 0 fully saturated rings. The Morgan fingerprint density at radius 2 is 1.68 bits per heavy atom. The van der Waals surface area contributed by atoms with Crippen molar-refractivity contribution in [2.75, 3.05) is 13.4 Å². The zero-order valence-electron chi connectivity index (χ0n) is 18.4. The SMILES string of the molecule is COC(=O)C[C@@H](c1ccc(SC)cc1)c1c(O)c(O)c(O)c2c(=O)cc(-c3ccccc3)oc12. The highest BCUT2D eigenvalue weighted by Gasteiger charge is 2.31. The molecule has 1 heterocycles. The minimum absolute atomic E-state index is 0.00230. The van der Waals surface area contributed by atoms with Gasteiger partial charge in [-0.1, -0.05) is 42.5 Å². The number of thioether (sulfide) groups is 1. The van der Waals surface area contributed by atoms with Crippen molar-refractivity contribution in [1.82, 2.24) is 0 Å². The minimum Gasteiger partial charge on any atom is -0.504 e. The maximum Gasteiger partial charge on any atom is 0.306 e. The number of aromatic hydroxyl groups is 3. The molecule has 0 unspecified atom stereocenters.